The van der Waals surface area contributed by atoms with Crippen LogP contribution in [0, 0.1) is 5.92 Å². The van der Waals surface area contributed by atoms with Crippen molar-refractivity contribution in [3.8, 4) is 0 Å². The normalized spacial score (nSPS) is 22.7. The Hall–Kier alpha value is -1.34. The molecule has 1 fully saturated rings. The van der Waals surface area contributed by atoms with E-state index in [1.165, 1.54) is 0 Å². The molecule has 7 heteroatoms. The van der Waals surface area contributed by atoms with E-state index in [9.17, 15) is 14.7 Å². The average Bonchev–Trinajstić information content (AvgIpc) is 2.40. The van der Waals surface area contributed by atoms with E-state index in [4.69, 9.17) is 9.84 Å². The summed E-state index contributed by atoms with van der Waals surface area (Å²) >= 11 is 0. The van der Waals surface area contributed by atoms with Gasteiger partial charge in [-0.3, -0.25) is 4.79 Å². The van der Waals surface area contributed by atoms with Crippen molar-refractivity contribution in [1.82, 2.24) is 10.2 Å². The number of nitrogens with zero attached hydrogens (tertiary/aromatic N) is 1. The minimum atomic E-state index is -0.818. The second-order valence-electron chi connectivity index (χ2n) is 6.18. The number of amides is 2. The zero-order valence-corrected chi connectivity index (χ0v) is 13.0. The van der Waals surface area contributed by atoms with Crippen LogP contribution in [-0.2, 0) is 9.53 Å². The average molecular weight is 302 g/mol. The number of morpholine rings is 1. The molecule has 0 spiro atoms. The molecule has 1 aliphatic heterocycles. The first-order chi connectivity index (χ1) is 9.75. The number of nitrogens with one attached hydrogen (secondary N) is 1. The predicted octanol–water partition coefficient (Wildman–Crippen LogP) is 0.669. The summed E-state index contributed by atoms with van der Waals surface area (Å²) in [5.74, 6) is -1.22. The summed E-state index contributed by atoms with van der Waals surface area (Å²) in [6.45, 7) is 6.55. The highest BCUT2D eigenvalue weighted by Gasteiger charge is 2.35. The molecule has 1 aliphatic rings. The molecule has 1 heterocycles. The number of carbonyl (C=O) groups excluding carboxylic acids is 1. The molecule has 2 atom stereocenters. The largest absolute Gasteiger partial charge is 0.481 e. The number of aliphatic hydroxyl groups excluding tert-OH is 1. The Bertz CT molecular complexity index is 372. The van der Waals surface area contributed by atoms with Gasteiger partial charge < -0.3 is 25.2 Å². The van der Waals surface area contributed by atoms with Crippen molar-refractivity contribution in [2.75, 3.05) is 26.2 Å². The zero-order valence-electron chi connectivity index (χ0n) is 13.0. The lowest BCUT2D eigenvalue weighted by Gasteiger charge is -2.42. The number of carbonyl (C=O) groups is 2. The number of rotatable bonds is 6. The molecule has 1 saturated heterocycles. The molecule has 2 unspecified atom stereocenters. The smallest absolute Gasteiger partial charge is 0.317 e. The van der Waals surface area contributed by atoms with E-state index >= 15 is 0 Å². The fourth-order valence-electron chi connectivity index (χ4n) is 2.38. The number of ether oxygens (including phenoxy) is 1. The maximum atomic E-state index is 12.1. The van der Waals surface area contributed by atoms with Gasteiger partial charge in [-0.2, -0.15) is 0 Å². The molecule has 3 N–H and O–H groups in total. The van der Waals surface area contributed by atoms with Gasteiger partial charge in [-0.15, -0.1) is 0 Å². The molecule has 0 bridgehead atoms. The quantitative estimate of drug-likeness (QED) is 0.626. The van der Waals surface area contributed by atoms with Crippen molar-refractivity contribution in [2.45, 2.75) is 45.3 Å². The second-order valence-corrected chi connectivity index (χ2v) is 6.18. The lowest BCUT2D eigenvalue weighted by Crippen LogP contribution is -2.57. The maximum absolute atomic E-state index is 12.1. The Morgan fingerprint density at radius 3 is 2.71 bits per heavy atom. The van der Waals surface area contributed by atoms with Crippen LogP contribution in [0.5, 0.6) is 0 Å². The Kier molecular flexibility index (Phi) is 6.42. The van der Waals surface area contributed by atoms with Crippen LogP contribution in [0.2, 0.25) is 0 Å². The highest BCUT2D eigenvalue weighted by atomic mass is 16.5. The fourth-order valence-corrected chi connectivity index (χ4v) is 2.38. The zero-order chi connectivity index (χ0) is 16.0. The van der Waals surface area contributed by atoms with Crippen molar-refractivity contribution in [1.29, 1.82) is 0 Å². The number of hydrogen-bond donors (Lipinski definition) is 3. The topological polar surface area (TPSA) is 99.1 Å². The Labute approximate surface area is 125 Å². The molecule has 0 aromatic rings. The van der Waals surface area contributed by atoms with Gasteiger partial charge >= 0.3 is 12.0 Å². The van der Waals surface area contributed by atoms with Crippen LogP contribution in [0.15, 0.2) is 0 Å². The number of carboxylic acids is 1. The Morgan fingerprint density at radius 2 is 2.14 bits per heavy atom. The van der Waals surface area contributed by atoms with Crippen LogP contribution in [-0.4, -0.2) is 65.1 Å². The van der Waals surface area contributed by atoms with E-state index in [1.54, 1.807) is 11.8 Å². The molecular weight excluding hydrogens is 276 g/mol. The summed E-state index contributed by atoms with van der Waals surface area (Å²) in [7, 11) is 0. The first kappa shape index (κ1) is 17.7. The monoisotopic (exact) mass is 302 g/mol. The summed E-state index contributed by atoms with van der Waals surface area (Å²) in [6.07, 6.45) is 0.784. The second kappa shape index (κ2) is 7.61. The highest BCUT2D eigenvalue weighted by Crippen LogP contribution is 2.20. The van der Waals surface area contributed by atoms with E-state index in [0.717, 1.165) is 0 Å². The summed E-state index contributed by atoms with van der Waals surface area (Å²) in [5.41, 5.74) is -0.485. The van der Waals surface area contributed by atoms with Gasteiger partial charge in [0.15, 0.2) is 0 Å². The molecular formula is C14H26N2O5. The summed E-state index contributed by atoms with van der Waals surface area (Å²) in [6, 6.07) is -0.201. The van der Waals surface area contributed by atoms with Crippen molar-refractivity contribution in [3.05, 3.63) is 0 Å². The molecule has 21 heavy (non-hydrogen) atoms. The van der Waals surface area contributed by atoms with Crippen LogP contribution >= 0.6 is 0 Å². The SMILES string of the molecule is CC(CCCNC(=O)N1CC(CO)OC(C)(C)C1)C(=O)O. The fraction of sp³-hybridized carbons (Fsp3) is 0.857. The van der Waals surface area contributed by atoms with Crippen LogP contribution in [0.3, 0.4) is 0 Å². The predicted molar refractivity (Wildman–Crippen MR) is 77.0 cm³/mol. The lowest BCUT2D eigenvalue weighted by atomic mass is 10.1. The molecule has 2 amide bonds. The Balaban J connectivity index is 2.36. The van der Waals surface area contributed by atoms with Gasteiger partial charge in [-0.25, -0.2) is 4.79 Å². The molecule has 0 radical (unpaired) electrons. The highest BCUT2D eigenvalue weighted by molar-refractivity contribution is 5.74. The van der Waals surface area contributed by atoms with E-state index in [1.807, 2.05) is 13.8 Å². The van der Waals surface area contributed by atoms with Gasteiger partial charge in [0.25, 0.3) is 0 Å². The lowest BCUT2D eigenvalue weighted by molar-refractivity contribution is -0.141. The first-order valence-corrected chi connectivity index (χ1v) is 7.29. The molecule has 122 valence electrons. The van der Waals surface area contributed by atoms with E-state index in [2.05, 4.69) is 5.32 Å². The van der Waals surface area contributed by atoms with E-state index in [0.29, 0.717) is 32.5 Å². The molecule has 7 nitrogen and oxygen atoms in total. The number of aliphatic hydroxyl groups is 1. The first-order valence-electron chi connectivity index (χ1n) is 7.29. The van der Waals surface area contributed by atoms with Crippen LogP contribution in [0.1, 0.15) is 33.6 Å². The van der Waals surface area contributed by atoms with Crippen LogP contribution < -0.4 is 5.32 Å². The third kappa shape index (κ3) is 5.89. The van der Waals surface area contributed by atoms with Crippen molar-refractivity contribution < 1.29 is 24.5 Å². The van der Waals surface area contributed by atoms with E-state index in [-0.39, 0.29) is 18.7 Å². The third-order valence-electron chi connectivity index (χ3n) is 3.48. The van der Waals surface area contributed by atoms with E-state index < -0.39 is 17.5 Å². The van der Waals surface area contributed by atoms with Gasteiger partial charge in [0.05, 0.1) is 37.3 Å². The summed E-state index contributed by atoms with van der Waals surface area (Å²) in [5, 5.41) is 20.8. The van der Waals surface area contributed by atoms with Crippen LogP contribution in [0.4, 0.5) is 4.79 Å². The molecule has 0 aromatic carbocycles. The number of carboxylic acid groups (broad SMARTS) is 1. The number of hydrogen-bond acceptors (Lipinski definition) is 4. The standard InChI is InChI=1S/C14H26N2O5/c1-10(12(18)19)5-4-6-15-13(20)16-7-11(8-17)21-14(2,3)9-16/h10-11,17H,4-9H2,1-3H3,(H,15,20)(H,18,19). The maximum Gasteiger partial charge on any atom is 0.317 e. The summed E-state index contributed by atoms with van der Waals surface area (Å²) in [4.78, 5) is 24.4. The molecule has 1 rings (SSSR count). The molecule has 0 saturated carbocycles. The summed E-state index contributed by atoms with van der Waals surface area (Å²) < 4.78 is 5.65. The van der Waals surface area contributed by atoms with Gasteiger partial charge in [0.1, 0.15) is 0 Å². The van der Waals surface area contributed by atoms with Crippen molar-refractivity contribution >= 4 is 12.0 Å². The van der Waals surface area contributed by atoms with Gasteiger partial charge in [-0.05, 0) is 26.7 Å². The Morgan fingerprint density at radius 1 is 1.48 bits per heavy atom. The molecule has 0 aliphatic carbocycles. The molecule has 0 aromatic heterocycles. The van der Waals surface area contributed by atoms with Gasteiger partial charge in [-0.1, -0.05) is 6.92 Å². The minimum Gasteiger partial charge on any atom is -0.481 e. The van der Waals surface area contributed by atoms with Gasteiger partial charge in [0.2, 0.25) is 0 Å². The number of urea groups is 1. The third-order valence-corrected chi connectivity index (χ3v) is 3.48. The number of aliphatic carboxylic acids is 1. The minimum absolute atomic E-state index is 0.122. The van der Waals surface area contributed by atoms with Crippen LogP contribution in [0.25, 0.3) is 0 Å². The van der Waals surface area contributed by atoms with Gasteiger partial charge in [0, 0.05) is 6.54 Å². The van der Waals surface area contributed by atoms with Crippen molar-refractivity contribution in [2.24, 2.45) is 5.92 Å². The van der Waals surface area contributed by atoms with Crippen molar-refractivity contribution in [3.63, 3.8) is 0 Å².